The SMILES string of the molecule is O=C1c2cccc3c(-c4ccccc4)ccc(c23)C(=O)N1c1ccc(N2C(=O)c3cccc4c(-c5ccccc5)ccc(c34)C2=O)c2ccccc12. The lowest BCUT2D eigenvalue weighted by atomic mass is 9.88. The molecule has 10 rings (SSSR count). The molecule has 0 radical (unpaired) electrons. The van der Waals surface area contributed by atoms with Crippen LogP contribution in [0, 0.1) is 0 Å². The standard InChI is InChI=1S/C46H26N2O4/c49-43-35-19-9-17-33-29(27-11-3-1-4-12-27)21-23-37(41(33)35)45(51)47(43)39-25-26-40(32-16-8-7-15-31(32)39)48-44(50)36-20-10-18-34-30(28-13-5-2-6-14-28)22-24-38(42(34)36)46(48)52/h1-26H. The summed E-state index contributed by atoms with van der Waals surface area (Å²) in [5, 5.41) is 4.03. The fourth-order valence-electron chi connectivity index (χ4n) is 8.03. The van der Waals surface area contributed by atoms with Crippen molar-refractivity contribution in [3.63, 3.8) is 0 Å². The van der Waals surface area contributed by atoms with Crippen molar-refractivity contribution in [2.24, 2.45) is 0 Å². The fourth-order valence-corrected chi connectivity index (χ4v) is 8.03. The molecule has 0 spiro atoms. The molecule has 6 heteroatoms. The van der Waals surface area contributed by atoms with Crippen molar-refractivity contribution in [3.8, 4) is 22.3 Å². The summed E-state index contributed by atoms with van der Waals surface area (Å²) in [6.07, 6.45) is 0. The van der Waals surface area contributed by atoms with Crippen molar-refractivity contribution in [2.45, 2.75) is 0 Å². The monoisotopic (exact) mass is 670 g/mol. The Morgan fingerprint density at radius 2 is 0.596 bits per heavy atom. The number of carbonyl (C=O) groups excluding carboxylic acids is 4. The molecule has 2 aliphatic rings. The van der Waals surface area contributed by atoms with Crippen LogP contribution in [0.3, 0.4) is 0 Å². The normalized spacial score (nSPS) is 13.8. The third-order valence-corrected chi connectivity index (χ3v) is 10.3. The fraction of sp³-hybridized carbons (Fsp3) is 0. The molecule has 0 N–H and O–H groups in total. The van der Waals surface area contributed by atoms with Crippen LogP contribution in [0.25, 0.3) is 54.6 Å². The number of imide groups is 2. The van der Waals surface area contributed by atoms with E-state index in [0.29, 0.717) is 55.2 Å². The third kappa shape index (κ3) is 4.12. The Hall–Kier alpha value is -7.18. The van der Waals surface area contributed by atoms with Gasteiger partial charge in [-0.25, -0.2) is 9.80 Å². The van der Waals surface area contributed by atoms with E-state index in [-0.39, 0.29) is 0 Å². The van der Waals surface area contributed by atoms with Gasteiger partial charge in [-0.1, -0.05) is 121 Å². The third-order valence-electron chi connectivity index (χ3n) is 10.3. The summed E-state index contributed by atoms with van der Waals surface area (Å²) in [5.74, 6) is -1.75. The van der Waals surface area contributed by atoms with Gasteiger partial charge in [0.1, 0.15) is 0 Å². The molecule has 0 fully saturated rings. The second-order valence-electron chi connectivity index (χ2n) is 13.1. The van der Waals surface area contributed by atoms with E-state index in [1.807, 2.05) is 121 Å². The Bertz CT molecular complexity index is 2640. The van der Waals surface area contributed by atoms with Crippen molar-refractivity contribution >= 4 is 67.3 Å². The van der Waals surface area contributed by atoms with Gasteiger partial charge >= 0.3 is 0 Å². The van der Waals surface area contributed by atoms with Crippen molar-refractivity contribution in [2.75, 3.05) is 9.80 Å². The van der Waals surface area contributed by atoms with Crippen LogP contribution in [0.15, 0.2) is 158 Å². The molecule has 2 heterocycles. The van der Waals surface area contributed by atoms with E-state index in [1.54, 1.807) is 36.4 Å². The average molecular weight is 671 g/mol. The van der Waals surface area contributed by atoms with Crippen LogP contribution < -0.4 is 9.80 Å². The number of hydrogen-bond acceptors (Lipinski definition) is 4. The Balaban J connectivity index is 1.10. The van der Waals surface area contributed by atoms with E-state index in [1.165, 1.54) is 9.80 Å². The molecular formula is C46H26N2O4. The first-order chi connectivity index (χ1) is 25.5. The van der Waals surface area contributed by atoms with E-state index in [4.69, 9.17) is 0 Å². The Labute approximate surface area is 297 Å². The molecular weight excluding hydrogens is 645 g/mol. The topological polar surface area (TPSA) is 74.8 Å². The molecule has 0 saturated carbocycles. The molecule has 0 atom stereocenters. The molecule has 8 aromatic carbocycles. The van der Waals surface area contributed by atoms with Gasteiger partial charge in [-0.2, -0.15) is 0 Å². The van der Waals surface area contributed by atoms with Gasteiger partial charge < -0.3 is 0 Å². The molecule has 244 valence electrons. The molecule has 0 bridgehead atoms. The minimum atomic E-state index is -0.439. The van der Waals surface area contributed by atoms with Crippen molar-refractivity contribution in [1.82, 2.24) is 0 Å². The molecule has 4 amide bonds. The highest BCUT2D eigenvalue weighted by atomic mass is 16.2. The second-order valence-corrected chi connectivity index (χ2v) is 13.1. The van der Waals surface area contributed by atoms with Crippen LogP contribution in [0.4, 0.5) is 11.4 Å². The molecule has 2 aliphatic heterocycles. The zero-order valence-corrected chi connectivity index (χ0v) is 27.5. The molecule has 8 aromatic rings. The average Bonchev–Trinajstić information content (AvgIpc) is 3.20. The maximum atomic E-state index is 14.4. The van der Waals surface area contributed by atoms with Crippen LogP contribution in [-0.4, -0.2) is 23.6 Å². The second kappa shape index (κ2) is 11.2. The van der Waals surface area contributed by atoms with Crippen LogP contribution in [0.1, 0.15) is 41.4 Å². The smallest absolute Gasteiger partial charge is 0.266 e. The van der Waals surface area contributed by atoms with Crippen molar-refractivity contribution in [1.29, 1.82) is 0 Å². The van der Waals surface area contributed by atoms with Gasteiger partial charge in [-0.3, -0.25) is 19.2 Å². The van der Waals surface area contributed by atoms with E-state index >= 15 is 0 Å². The van der Waals surface area contributed by atoms with Crippen molar-refractivity contribution in [3.05, 3.63) is 180 Å². The minimum Gasteiger partial charge on any atom is -0.268 e. The minimum absolute atomic E-state index is 0.371. The van der Waals surface area contributed by atoms with Crippen molar-refractivity contribution < 1.29 is 19.2 Å². The Morgan fingerprint density at radius 1 is 0.269 bits per heavy atom. The first kappa shape index (κ1) is 29.7. The number of hydrogen-bond donors (Lipinski definition) is 0. The maximum absolute atomic E-state index is 14.4. The zero-order chi connectivity index (χ0) is 35.1. The first-order valence-corrected chi connectivity index (χ1v) is 17.0. The molecule has 0 saturated heterocycles. The number of rotatable bonds is 4. The predicted molar refractivity (Wildman–Crippen MR) is 205 cm³/mol. The van der Waals surface area contributed by atoms with Gasteiger partial charge in [0.25, 0.3) is 23.6 Å². The Kier molecular flexibility index (Phi) is 6.38. The summed E-state index contributed by atoms with van der Waals surface area (Å²) in [4.78, 5) is 59.9. The van der Waals surface area contributed by atoms with E-state index in [0.717, 1.165) is 33.0 Å². The van der Waals surface area contributed by atoms with E-state index in [2.05, 4.69) is 0 Å². The quantitative estimate of drug-likeness (QED) is 0.175. The van der Waals surface area contributed by atoms with Gasteiger partial charge in [0.05, 0.1) is 11.4 Å². The lowest BCUT2D eigenvalue weighted by Crippen LogP contribution is -2.41. The van der Waals surface area contributed by atoms with Gasteiger partial charge in [0.2, 0.25) is 0 Å². The van der Waals surface area contributed by atoms with E-state index in [9.17, 15) is 19.2 Å². The summed E-state index contributed by atoms with van der Waals surface area (Å²) in [7, 11) is 0. The number of fused-ring (bicyclic) bond motifs is 1. The summed E-state index contributed by atoms with van der Waals surface area (Å²) in [6, 6.07) is 48.9. The highest BCUT2D eigenvalue weighted by Gasteiger charge is 2.38. The van der Waals surface area contributed by atoms with Gasteiger partial charge in [-0.15, -0.1) is 0 Å². The highest BCUT2D eigenvalue weighted by Crippen LogP contribution is 2.43. The summed E-state index contributed by atoms with van der Waals surface area (Å²) < 4.78 is 0. The largest absolute Gasteiger partial charge is 0.268 e. The number of anilines is 2. The molecule has 52 heavy (non-hydrogen) atoms. The number of carbonyl (C=O) groups is 4. The number of amides is 4. The zero-order valence-electron chi connectivity index (χ0n) is 27.5. The lowest BCUT2D eigenvalue weighted by Gasteiger charge is -2.31. The molecule has 0 aromatic heterocycles. The number of nitrogens with zero attached hydrogens (tertiary/aromatic N) is 2. The van der Waals surface area contributed by atoms with Gasteiger partial charge in [0, 0.05) is 43.8 Å². The van der Waals surface area contributed by atoms with Gasteiger partial charge in [-0.05, 0) is 69.4 Å². The van der Waals surface area contributed by atoms with E-state index < -0.39 is 23.6 Å². The predicted octanol–water partition coefficient (Wildman–Crippen LogP) is 10.1. The van der Waals surface area contributed by atoms with Crippen LogP contribution in [-0.2, 0) is 0 Å². The molecule has 0 aliphatic carbocycles. The lowest BCUT2D eigenvalue weighted by molar-refractivity contribution is 0.0877. The maximum Gasteiger partial charge on any atom is 0.266 e. The van der Waals surface area contributed by atoms with Crippen LogP contribution in [0.5, 0.6) is 0 Å². The molecule has 6 nitrogen and oxygen atoms in total. The van der Waals surface area contributed by atoms with Crippen LogP contribution >= 0.6 is 0 Å². The highest BCUT2D eigenvalue weighted by molar-refractivity contribution is 6.40. The first-order valence-electron chi connectivity index (χ1n) is 17.0. The number of benzene rings is 8. The summed E-state index contributed by atoms with van der Waals surface area (Å²) in [5.41, 5.74) is 6.33. The summed E-state index contributed by atoms with van der Waals surface area (Å²) in [6.45, 7) is 0. The van der Waals surface area contributed by atoms with Crippen LogP contribution in [0.2, 0.25) is 0 Å². The van der Waals surface area contributed by atoms with Gasteiger partial charge in [0.15, 0.2) is 0 Å². The molecule has 0 unspecified atom stereocenters. The Morgan fingerprint density at radius 3 is 1.00 bits per heavy atom. The summed E-state index contributed by atoms with van der Waals surface area (Å²) >= 11 is 0.